The molecule has 0 unspecified atom stereocenters. The van der Waals surface area contributed by atoms with Crippen molar-refractivity contribution in [2.75, 3.05) is 27.3 Å². The van der Waals surface area contributed by atoms with Crippen LogP contribution in [0.25, 0.3) is 6.08 Å². The molecular formula is C23H25NO4. The molecule has 2 aromatic rings. The fourth-order valence-electron chi connectivity index (χ4n) is 3.35. The van der Waals surface area contributed by atoms with Crippen molar-refractivity contribution >= 4 is 17.8 Å². The van der Waals surface area contributed by atoms with Gasteiger partial charge in [-0.15, -0.1) is 0 Å². The lowest BCUT2D eigenvalue weighted by atomic mass is 10.0. The zero-order valence-electron chi connectivity index (χ0n) is 16.3. The first kappa shape index (κ1) is 19.8. The minimum absolute atomic E-state index is 0.0673. The smallest absolute Gasteiger partial charge is 0.337 e. The maximum absolute atomic E-state index is 12.6. The van der Waals surface area contributed by atoms with Crippen molar-refractivity contribution in [3.05, 3.63) is 70.8 Å². The zero-order valence-corrected chi connectivity index (χ0v) is 16.3. The molecule has 0 saturated carbocycles. The second kappa shape index (κ2) is 9.33. The summed E-state index contributed by atoms with van der Waals surface area (Å²) in [6.07, 6.45) is 5.74. The molecule has 5 heteroatoms. The van der Waals surface area contributed by atoms with E-state index >= 15 is 0 Å². The molecule has 0 atom stereocenters. The molecule has 0 spiro atoms. The van der Waals surface area contributed by atoms with Gasteiger partial charge in [0.05, 0.1) is 19.8 Å². The molecule has 1 aliphatic rings. The minimum Gasteiger partial charge on any atom is -0.496 e. The first-order valence-corrected chi connectivity index (χ1v) is 9.41. The Morgan fingerprint density at radius 2 is 1.68 bits per heavy atom. The van der Waals surface area contributed by atoms with Gasteiger partial charge in [-0.05, 0) is 67.9 Å². The first-order chi connectivity index (χ1) is 13.6. The molecule has 1 aliphatic heterocycles. The number of carbonyl (C=O) groups excluding carboxylic acids is 2. The Hall–Kier alpha value is -2.92. The average Bonchev–Trinajstić information content (AvgIpc) is 3.24. The molecule has 0 aliphatic carbocycles. The van der Waals surface area contributed by atoms with Crippen LogP contribution in [-0.2, 0) is 11.3 Å². The molecule has 0 radical (unpaired) electrons. The van der Waals surface area contributed by atoms with Crippen molar-refractivity contribution in [3.8, 4) is 5.75 Å². The maximum Gasteiger partial charge on any atom is 0.337 e. The number of nitrogens with zero attached hydrogens (tertiary/aromatic N) is 1. The van der Waals surface area contributed by atoms with E-state index in [0.29, 0.717) is 11.1 Å². The van der Waals surface area contributed by atoms with Crippen LogP contribution in [0.5, 0.6) is 5.75 Å². The normalized spacial score (nSPS) is 14.4. The Bertz CT molecular complexity index is 865. The van der Waals surface area contributed by atoms with Crippen LogP contribution in [0.3, 0.4) is 0 Å². The predicted molar refractivity (Wildman–Crippen MR) is 109 cm³/mol. The second-order valence-electron chi connectivity index (χ2n) is 6.82. The number of benzene rings is 2. The molecular weight excluding hydrogens is 354 g/mol. The number of hydrogen-bond donors (Lipinski definition) is 0. The summed E-state index contributed by atoms with van der Waals surface area (Å²) in [6.45, 7) is 2.97. The van der Waals surface area contributed by atoms with Crippen LogP contribution >= 0.6 is 0 Å². The first-order valence-electron chi connectivity index (χ1n) is 9.41. The number of likely N-dealkylation sites (tertiary alicyclic amines) is 1. The van der Waals surface area contributed by atoms with Crippen LogP contribution in [0.2, 0.25) is 0 Å². The highest BCUT2D eigenvalue weighted by molar-refractivity contribution is 6.07. The van der Waals surface area contributed by atoms with Gasteiger partial charge >= 0.3 is 5.97 Å². The largest absolute Gasteiger partial charge is 0.496 e. The average molecular weight is 379 g/mol. The van der Waals surface area contributed by atoms with Gasteiger partial charge < -0.3 is 9.47 Å². The lowest BCUT2D eigenvalue weighted by Crippen LogP contribution is -2.19. The fraction of sp³-hybridized carbons (Fsp3) is 0.304. The lowest BCUT2D eigenvalue weighted by Gasteiger charge is -2.17. The van der Waals surface area contributed by atoms with E-state index in [9.17, 15) is 9.59 Å². The Kier molecular flexibility index (Phi) is 6.61. The molecule has 0 N–H and O–H groups in total. The third-order valence-electron chi connectivity index (χ3n) is 4.92. The van der Waals surface area contributed by atoms with Crippen LogP contribution in [0.1, 0.15) is 44.7 Å². The van der Waals surface area contributed by atoms with Crippen molar-refractivity contribution in [2.45, 2.75) is 19.4 Å². The molecule has 0 bridgehead atoms. The number of allylic oxidation sites excluding steroid dienone is 1. The molecule has 2 aromatic carbocycles. The van der Waals surface area contributed by atoms with Gasteiger partial charge in [-0.1, -0.05) is 18.2 Å². The Morgan fingerprint density at radius 1 is 1.00 bits per heavy atom. The van der Waals surface area contributed by atoms with Gasteiger partial charge in [-0.25, -0.2) is 4.79 Å². The number of rotatable bonds is 7. The van der Waals surface area contributed by atoms with E-state index < -0.39 is 0 Å². The van der Waals surface area contributed by atoms with Gasteiger partial charge in [0.25, 0.3) is 0 Å². The van der Waals surface area contributed by atoms with Crippen LogP contribution in [-0.4, -0.2) is 44.0 Å². The molecule has 0 amide bonds. The molecule has 0 aromatic heterocycles. The van der Waals surface area contributed by atoms with Gasteiger partial charge in [-0.3, -0.25) is 9.69 Å². The third kappa shape index (κ3) is 4.87. The van der Waals surface area contributed by atoms with E-state index in [1.165, 1.54) is 20.0 Å². The van der Waals surface area contributed by atoms with Gasteiger partial charge in [0, 0.05) is 17.7 Å². The summed E-state index contributed by atoms with van der Waals surface area (Å²) in [5.41, 5.74) is 2.99. The third-order valence-corrected chi connectivity index (χ3v) is 4.92. The van der Waals surface area contributed by atoms with E-state index in [2.05, 4.69) is 9.64 Å². The van der Waals surface area contributed by atoms with E-state index in [1.54, 1.807) is 49.6 Å². The van der Waals surface area contributed by atoms with Crippen molar-refractivity contribution in [3.63, 3.8) is 0 Å². The minimum atomic E-state index is -0.379. The Balaban J connectivity index is 1.72. The molecule has 1 heterocycles. The van der Waals surface area contributed by atoms with Crippen molar-refractivity contribution < 1.29 is 19.1 Å². The second-order valence-corrected chi connectivity index (χ2v) is 6.82. The molecule has 3 rings (SSSR count). The van der Waals surface area contributed by atoms with Gasteiger partial charge in [0.2, 0.25) is 0 Å². The molecule has 1 saturated heterocycles. The highest BCUT2D eigenvalue weighted by Crippen LogP contribution is 2.24. The van der Waals surface area contributed by atoms with Crippen molar-refractivity contribution in [2.24, 2.45) is 0 Å². The highest BCUT2D eigenvalue weighted by atomic mass is 16.5. The van der Waals surface area contributed by atoms with Crippen LogP contribution < -0.4 is 4.74 Å². The highest BCUT2D eigenvalue weighted by Gasteiger charge is 2.15. The van der Waals surface area contributed by atoms with E-state index in [-0.39, 0.29) is 11.8 Å². The summed E-state index contributed by atoms with van der Waals surface area (Å²) in [7, 11) is 3.00. The van der Waals surface area contributed by atoms with Gasteiger partial charge in [0.15, 0.2) is 5.78 Å². The van der Waals surface area contributed by atoms with Crippen LogP contribution in [0, 0.1) is 0 Å². The quantitative estimate of drug-likeness (QED) is 0.414. The van der Waals surface area contributed by atoms with E-state index in [0.717, 1.165) is 36.5 Å². The van der Waals surface area contributed by atoms with E-state index in [4.69, 9.17) is 4.74 Å². The number of carbonyl (C=O) groups is 2. The number of ketones is 1. The fourth-order valence-corrected chi connectivity index (χ4v) is 3.35. The number of hydrogen-bond acceptors (Lipinski definition) is 5. The van der Waals surface area contributed by atoms with Crippen molar-refractivity contribution in [1.29, 1.82) is 0 Å². The van der Waals surface area contributed by atoms with Crippen molar-refractivity contribution in [1.82, 2.24) is 4.90 Å². The molecule has 146 valence electrons. The summed E-state index contributed by atoms with van der Waals surface area (Å²) in [6, 6.07) is 12.5. The van der Waals surface area contributed by atoms with Crippen LogP contribution in [0.15, 0.2) is 48.5 Å². The Labute approximate surface area is 165 Å². The number of ether oxygens (including phenoxy) is 2. The summed E-state index contributed by atoms with van der Waals surface area (Å²) in [4.78, 5) is 26.5. The lowest BCUT2D eigenvalue weighted by molar-refractivity contribution is 0.0600. The van der Waals surface area contributed by atoms with Gasteiger partial charge in [0.1, 0.15) is 5.75 Å². The summed E-state index contributed by atoms with van der Waals surface area (Å²) in [5, 5.41) is 0. The monoisotopic (exact) mass is 379 g/mol. The SMILES string of the molecule is COC(=O)c1ccc(/C=C/C(=O)c2ccc(OC)c(CN3CCCC3)c2)cc1. The van der Waals surface area contributed by atoms with Gasteiger partial charge in [-0.2, -0.15) is 0 Å². The maximum atomic E-state index is 12.6. The number of esters is 1. The van der Waals surface area contributed by atoms with E-state index in [1.807, 2.05) is 12.1 Å². The molecule has 1 fully saturated rings. The molecule has 28 heavy (non-hydrogen) atoms. The summed E-state index contributed by atoms with van der Waals surface area (Å²) < 4.78 is 10.2. The predicted octanol–water partition coefficient (Wildman–Crippen LogP) is 3.97. The number of methoxy groups -OCH3 is 2. The van der Waals surface area contributed by atoms with Crippen LogP contribution in [0.4, 0.5) is 0 Å². The standard InChI is InChI=1S/C23H25NO4/c1-27-22-12-10-19(15-20(22)16-24-13-3-4-14-24)21(25)11-7-17-5-8-18(9-6-17)23(26)28-2/h5-12,15H,3-4,13-14,16H2,1-2H3/b11-7+. The summed E-state index contributed by atoms with van der Waals surface area (Å²) in [5.74, 6) is 0.364. The zero-order chi connectivity index (χ0) is 19.9. The topological polar surface area (TPSA) is 55.8 Å². The molecule has 5 nitrogen and oxygen atoms in total. The summed E-state index contributed by atoms with van der Waals surface area (Å²) >= 11 is 0. The Morgan fingerprint density at radius 3 is 2.32 bits per heavy atom.